The van der Waals surface area contributed by atoms with Gasteiger partial charge in [-0.2, -0.15) is 5.10 Å². The van der Waals surface area contributed by atoms with Crippen LogP contribution in [-0.4, -0.2) is 77.0 Å². The van der Waals surface area contributed by atoms with Gasteiger partial charge in [-0.15, -0.1) is 0 Å². The molecule has 0 radical (unpaired) electrons. The number of carbonyl (C=O) groups excluding carboxylic acids is 1. The molecule has 8 nitrogen and oxygen atoms in total. The molecule has 1 saturated heterocycles. The molecule has 1 fully saturated rings. The van der Waals surface area contributed by atoms with Crippen LogP contribution in [0.4, 0.5) is 15.9 Å². The fourth-order valence-corrected chi connectivity index (χ4v) is 5.41. The Morgan fingerprint density at radius 2 is 1.95 bits per heavy atom. The third-order valence-electron chi connectivity index (χ3n) is 7.13. The molecule has 1 aromatic carbocycles. The summed E-state index contributed by atoms with van der Waals surface area (Å²) < 4.78 is 15.0. The third kappa shape index (κ3) is 5.56. The Kier molecular flexibility index (Phi) is 8.71. The predicted molar refractivity (Wildman–Crippen MR) is 156 cm³/mol. The van der Waals surface area contributed by atoms with Gasteiger partial charge in [-0.25, -0.2) is 9.37 Å². The number of hydrogen-bond donors (Lipinski definition) is 1. The van der Waals surface area contributed by atoms with Crippen molar-refractivity contribution in [2.75, 3.05) is 38.6 Å². The van der Waals surface area contributed by atoms with Crippen LogP contribution in [0, 0.1) is 5.82 Å². The van der Waals surface area contributed by atoms with Crippen LogP contribution in [0.25, 0.3) is 11.3 Å². The summed E-state index contributed by atoms with van der Waals surface area (Å²) in [5.41, 5.74) is 3.30. The Hall–Kier alpha value is -3.30. The minimum atomic E-state index is -0.450. The molecule has 4 rings (SSSR count). The third-order valence-corrected chi connectivity index (χ3v) is 7.42. The number of pyridine rings is 1. The summed E-state index contributed by atoms with van der Waals surface area (Å²) in [5, 5.41) is 7.97. The topological polar surface area (TPSA) is 80.7 Å². The summed E-state index contributed by atoms with van der Waals surface area (Å²) in [5.74, 6) is 0.637. The number of likely N-dealkylation sites (N-methyl/N-ethyl adjacent to an activating group) is 1. The number of amidine groups is 1. The van der Waals surface area contributed by atoms with E-state index in [1.807, 2.05) is 27.7 Å². The maximum absolute atomic E-state index is 15.0. The van der Waals surface area contributed by atoms with Crippen molar-refractivity contribution in [2.45, 2.75) is 52.5 Å². The zero-order valence-corrected chi connectivity index (χ0v) is 24.4. The van der Waals surface area contributed by atoms with Crippen LogP contribution in [0.3, 0.4) is 0 Å². The lowest BCUT2D eigenvalue weighted by Crippen LogP contribution is -2.53. The van der Waals surface area contributed by atoms with Crippen molar-refractivity contribution in [2.24, 2.45) is 4.99 Å². The van der Waals surface area contributed by atoms with Gasteiger partial charge in [0.1, 0.15) is 11.7 Å². The summed E-state index contributed by atoms with van der Waals surface area (Å²) >= 11 is 6.81. The Morgan fingerprint density at radius 3 is 2.54 bits per heavy atom. The first-order valence-corrected chi connectivity index (χ1v) is 13.7. The number of carbonyl (C=O) groups is 1. The second kappa shape index (κ2) is 11.8. The van der Waals surface area contributed by atoms with Crippen LogP contribution in [0.15, 0.2) is 35.3 Å². The Morgan fingerprint density at radius 1 is 1.23 bits per heavy atom. The van der Waals surface area contributed by atoms with E-state index in [9.17, 15) is 9.18 Å². The quantitative estimate of drug-likeness (QED) is 0.227. The molecular weight excluding hydrogens is 517 g/mol. The van der Waals surface area contributed by atoms with Crippen molar-refractivity contribution < 1.29 is 9.18 Å². The number of aromatic nitrogens is 3. The van der Waals surface area contributed by atoms with E-state index in [4.69, 9.17) is 16.6 Å². The van der Waals surface area contributed by atoms with E-state index in [1.54, 1.807) is 31.3 Å². The van der Waals surface area contributed by atoms with Crippen molar-refractivity contribution in [3.63, 3.8) is 0 Å². The normalized spacial score (nSPS) is 16.8. The zero-order chi connectivity index (χ0) is 28.4. The molecule has 208 valence electrons. The summed E-state index contributed by atoms with van der Waals surface area (Å²) in [6.45, 7) is 12.7. The summed E-state index contributed by atoms with van der Waals surface area (Å²) in [4.78, 5) is 28.5. The molecule has 1 aliphatic heterocycles. The standard InChI is InChI=1S/C29H37ClFN7O/c1-17(2)24-27(25(18(3)4)35-34-24)38(16-39)29-21(28(32-6)37-13-12-36(7)15-19(37)5)14-22(30)26(33-29)20-10-8-9-11-23(20)31/h8-11,14,16-19H,12-13,15H2,1-7H3,(H,34,35)/b32-28+. The Balaban J connectivity index is 2.01. The highest BCUT2D eigenvalue weighted by atomic mass is 35.5. The van der Waals surface area contributed by atoms with E-state index in [0.717, 1.165) is 37.4 Å². The fourth-order valence-electron chi connectivity index (χ4n) is 5.16. The lowest BCUT2D eigenvalue weighted by molar-refractivity contribution is -0.106. The number of aromatic amines is 1. The number of benzene rings is 1. The SMILES string of the molecule is C/N=C(\c1cc(Cl)c(-c2ccccc2F)nc1N(C=O)c1c(C(C)C)n[nH]c1C(C)C)N1CCN(C)CC1C. The zero-order valence-electron chi connectivity index (χ0n) is 23.7. The molecule has 0 bridgehead atoms. The van der Waals surface area contributed by atoms with Crippen LogP contribution in [0.5, 0.6) is 0 Å². The van der Waals surface area contributed by atoms with Crippen molar-refractivity contribution in [3.8, 4) is 11.3 Å². The van der Waals surface area contributed by atoms with E-state index in [0.29, 0.717) is 22.9 Å². The number of rotatable bonds is 7. The van der Waals surface area contributed by atoms with Gasteiger partial charge in [-0.05, 0) is 44.0 Å². The number of halogens is 2. The largest absolute Gasteiger partial charge is 0.351 e. The van der Waals surface area contributed by atoms with Crippen molar-refractivity contribution in [1.29, 1.82) is 0 Å². The maximum atomic E-state index is 15.0. The first kappa shape index (κ1) is 28.7. The molecular formula is C29H37ClFN7O. The number of aliphatic imine (C=N–C) groups is 1. The van der Waals surface area contributed by atoms with E-state index in [1.165, 1.54) is 11.0 Å². The van der Waals surface area contributed by atoms with Crippen LogP contribution in [0.2, 0.25) is 5.02 Å². The highest BCUT2D eigenvalue weighted by Crippen LogP contribution is 2.40. The van der Waals surface area contributed by atoms with Crippen LogP contribution in [-0.2, 0) is 4.79 Å². The number of nitrogens with one attached hydrogen (secondary N) is 1. The fraction of sp³-hybridized carbons (Fsp3) is 0.448. The van der Waals surface area contributed by atoms with Gasteiger partial charge in [0.25, 0.3) is 0 Å². The van der Waals surface area contributed by atoms with E-state index in [-0.39, 0.29) is 34.2 Å². The van der Waals surface area contributed by atoms with Gasteiger partial charge >= 0.3 is 0 Å². The molecule has 3 aromatic rings. The summed E-state index contributed by atoms with van der Waals surface area (Å²) in [6, 6.07) is 8.26. The number of H-pyrrole nitrogens is 1. The van der Waals surface area contributed by atoms with E-state index >= 15 is 0 Å². The molecule has 1 N–H and O–H groups in total. The van der Waals surface area contributed by atoms with Gasteiger partial charge < -0.3 is 9.80 Å². The second-order valence-electron chi connectivity index (χ2n) is 10.7. The molecule has 39 heavy (non-hydrogen) atoms. The van der Waals surface area contributed by atoms with E-state index in [2.05, 4.69) is 39.0 Å². The van der Waals surface area contributed by atoms with Crippen LogP contribution in [0.1, 0.15) is 63.4 Å². The van der Waals surface area contributed by atoms with Gasteiger partial charge in [0, 0.05) is 38.3 Å². The highest BCUT2D eigenvalue weighted by Gasteiger charge is 2.32. The summed E-state index contributed by atoms with van der Waals surface area (Å²) in [7, 11) is 3.82. The van der Waals surface area contributed by atoms with Gasteiger partial charge in [0.05, 0.1) is 33.4 Å². The summed E-state index contributed by atoms with van der Waals surface area (Å²) in [6.07, 6.45) is 0.744. The number of amides is 1. The van der Waals surface area contributed by atoms with Gasteiger partial charge in [-0.1, -0.05) is 51.4 Å². The first-order chi connectivity index (χ1) is 18.6. The number of nitrogens with zero attached hydrogens (tertiary/aromatic N) is 6. The maximum Gasteiger partial charge on any atom is 0.220 e. The van der Waals surface area contributed by atoms with Crippen molar-refractivity contribution >= 4 is 35.4 Å². The Labute approximate surface area is 234 Å². The average Bonchev–Trinajstić information content (AvgIpc) is 3.33. The molecule has 3 heterocycles. The minimum Gasteiger partial charge on any atom is -0.351 e. The molecule has 10 heteroatoms. The smallest absolute Gasteiger partial charge is 0.220 e. The molecule has 1 atom stereocenters. The molecule has 1 amide bonds. The number of hydrogen-bond acceptors (Lipinski definition) is 5. The number of anilines is 2. The monoisotopic (exact) mass is 553 g/mol. The minimum absolute atomic E-state index is 0.0324. The Bertz CT molecular complexity index is 1340. The second-order valence-corrected chi connectivity index (χ2v) is 11.1. The predicted octanol–water partition coefficient (Wildman–Crippen LogP) is 5.82. The average molecular weight is 554 g/mol. The lowest BCUT2D eigenvalue weighted by atomic mass is 10.0. The molecule has 0 spiro atoms. The molecule has 0 aliphatic carbocycles. The van der Waals surface area contributed by atoms with Crippen molar-refractivity contribution in [1.82, 2.24) is 25.0 Å². The molecule has 0 saturated carbocycles. The van der Waals surface area contributed by atoms with Gasteiger partial charge in [-0.3, -0.25) is 19.8 Å². The lowest BCUT2D eigenvalue weighted by Gasteiger charge is -2.40. The molecule has 2 aromatic heterocycles. The number of piperazine rings is 1. The first-order valence-electron chi connectivity index (χ1n) is 13.3. The molecule has 1 unspecified atom stereocenters. The van der Waals surface area contributed by atoms with Crippen LogP contribution >= 0.6 is 11.6 Å². The van der Waals surface area contributed by atoms with Gasteiger partial charge in [0.2, 0.25) is 6.41 Å². The molecule has 1 aliphatic rings. The van der Waals surface area contributed by atoms with E-state index < -0.39 is 5.82 Å². The highest BCUT2D eigenvalue weighted by molar-refractivity contribution is 6.33. The van der Waals surface area contributed by atoms with Crippen LogP contribution < -0.4 is 4.90 Å². The van der Waals surface area contributed by atoms with Gasteiger partial charge in [0.15, 0.2) is 5.82 Å². The van der Waals surface area contributed by atoms with Crippen molar-refractivity contribution in [3.05, 3.63) is 58.1 Å².